The molecular formula is C12H15F2NO. The molecule has 0 saturated carbocycles. The molecule has 0 bridgehead atoms. The van der Waals surface area contributed by atoms with Crippen LogP contribution in [0.3, 0.4) is 0 Å². The van der Waals surface area contributed by atoms with Gasteiger partial charge in [0.2, 0.25) is 0 Å². The summed E-state index contributed by atoms with van der Waals surface area (Å²) in [4.78, 5) is 0. The fraction of sp³-hybridized carbons (Fsp3) is 0.500. The van der Waals surface area contributed by atoms with E-state index in [9.17, 15) is 13.9 Å². The number of hydrogen-bond acceptors (Lipinski definition) is 2. The van der Waals surface area contributed by atoms with Gasteiger partial charge < -0.3 is 10.4 Å². The Morgan fingerprint density at radius 3 is 2.69 bits per heavy atom. The van der Waals surface area contributed by atoms with E-state index < -0.39 is 11.8 Å². The van der Waals surface area contributed by atoms with E-state index in [0.717, 1.165) is 13.0 Å². The largest absolute Gasteiger partial charge is 0.507 e. The molecule has 1 aliphatic heterocycles. The second-order valence-corrected chi connectivity index (χ2v) is 4.18. The highest BCUT2D eigenvalue weighted by Gasteiger charge is 2.43. The van der Waals surface area contributed by atoms with Crippen LogP contribution in [-0.4, -0.2) is 18.2 Å². The van der Waals surface area contributed by atoms with Gasteiger partial charge in [-0.05, 0) is 31.5 Å². The second kappa shape index (κ2) is 4.37. The Hall–Kier alpha value is -1.16. The van der Waals surface area contributed by atoms with Gasteiger partial charge in [0, 0.05) is 12.5 Å². The number of phenols is 1. The second-order valence-electron chi connectivity index (χ2n) is 4.18. The fourth-order valence-corrected chi connectivity index (χ4v) is 2.14. The molecule has 1 unspecified atom stereocenters. The van der Waals surface area contributed by atoms with Gasteiger partial charge in [-0.15, -0.1) is 0 Å². The molecule has 88 valence electrons. The number of piperidine rings is 1. The minimum atomic E-state index is -2.96. The van der Waals surface area contributed by atoms with E-state index in [1.165, 1.54) is 18.2 Å². The van der Waals surface area contributed by atoms with Gasteiger partial charge in [-0.25, -0.2) is 8.78 Å². The molecule has 1 aliphatic rings. The summed E-state index contributed by atoms with van der Waals surface area (Å²) in [6, 6.07) is 5.68. The zero-order chi connectivity index (χ0) is 11.6. The van der Waals surface area contributed by atoms with Crippen molar-refractivity contribution in [1.82, 2.24) is 5.32 Å². The third kappa shape index (κ3) is 2.02. The highest BCUT2D eigenvalue weighted by Crippen LogP contribution is 2.42. The van der Waals surface area contributed by atoms with Crippen LogP contribution in [0, 0.1) is 5.92 Å². The molecule has 4 heteroatoms. The topological polar surface area (TPSA) is 32.3 Å². The Kier molecular flexibility index (Phi) is 3.10. The average Bonchev–Trinajstić information content (AvgIpc) is 2.30. The Bertz CT molecular complexity index is 362. The molecule has 0 radical (unpaired) electrons. The quantitative estimate of drug-likeness (QED) is 0.813. The summed E-state index contributed by atoms with van der Waals surface area (Å²) < 4.78 is 28.2. The van der Waals surface area contributed by atoms with Crippen molar-refractivity contribution in [2.24, 2.45) is 5.92 Å². The van der Waals surface area contributed by atoms with Crippen molar-refractivity contribution in [3.63, 3.8) is 0 Å². The lowest BCUT2D eigenvalue weighted by molar-refractivity contribution is -0.0739. The molecule has 2 nitrogen and oxygen atoms in total. The molecule has 1 aromatic rings. The predicted molar refractivity (Wildman–Crippen MR) is 57.6 cm³/mol. The molecule has 16 heavy (non-hydrogen) atoms. The van der Waals surface area contributed by atoms with Gasteiger partial charge in [0.25, 0.3) is 5.92 Å². The van der Waals surface area contributed by atoms with Crippen molar-refractivity contribution < 1.29 is 13.9 Å². The summed E-state index contributed by atoms with van der Waals surface area (Å²) in [6.07, 6.45) is 1.25. The van der Waals surface area contributed by atoms with Gasteiger partial charge in [-0.2, -0.15) is 0 Å². The number of para-hydroxylation sites is 1. The predicted octanol–water partition coefficient (Wildman–Crippen LogP) is 2.48. The first-order chi connectivity index (χ1) is 7.62. The normalized spacial score (nSPS) is 22.0. The third-order valence-corrected chi connectivity index (χ3v) is 3.07. The van der Waals surface area contributed by atoms with Crippen LogP contribution in [0.2, 0.25) is 0 Å². The van der Waals surface area contributed by atoms with Crippen LogP contribution in [-0.2, 0) is 5.92 Å². The van der Waals surface area contributed by atoms with Gasteiger partial charge in [-0.1, -0.05) is 12.1 Å². The molecular weight excluding hydrogens is 212 g/mol. The van der Waals surface area contributed by atoms with Crippen molar-refractivity contribution in [3.8, 4) is 5.75 Å². The third-order valence-electron chi connectivity index (χ3n) is 3.07. The maximum atomic E-state index is 14.1. The molecule has 0 aliphatic carbocycles. The van der Waals surface area contributed by atoms with E-state index in [2.05, 4.69) is 5.32 Å². The number of nitrogens with one attached hydrogen (secondary N) is 1. The number of hydrogen-bond donors (Lipinski definition) is 2. The maximum Gasteiger partial charge on any atom is 0.280 e. The molecule has 1 saturated heterocycles. The lowest BCUT2D eigenvalue weighted by Crippen LogP contribution is -2.39. The zero-order valence-electron chi connectivity index (χ0n) is 8.92. The van der Waals surface area contributed by atoms with E-state index >= 15 is 0 Å². The first-order valence-corrected chi connectivity index (χ1v) is 5.49. The van der Waals surface area contributed by atoms with Gasteiger partial charge >= 0.3 is 0 Å². The van der Waals surface area contributed by atoms with Crippen LogP contribution >= 0.6 is 0 Å². The number of halogens is 2. The lowest BCUT2D eigenvalue weighted by Gasteiger charge is -2.31. The molecule has 2 rings (SSSR count). The Balaban J connectivity index is 2.26. The van der Waals surface area contributed by atoms with E-state index in [0.29, 0.717) is 13.0 Å². The smallest absolute Gasteiger partial charge is 0.280 e. The monoisotopic (exact) mass is 227 g/mol. The number of phenolic OH excluding ortho intramolecular Hbond substituents is 1. The van der Waals surface area contributed by atoms with E-state index in [1.807, 2.05) is 0 Å². The minimum absolute atomic E-state index is 0.260. The Labute approximate surface area is 93.3 Å². The molecule has 0 aromatic heterocycles. The first kappa shape index (κ1) is 11.3. The number of alkyl halides is 2. The summed E-state index contributed by atoms with van der Waals surface area (Å²) in [5.41, 5.74) is -0.260. The summed E-state index contributed by atoms with van der Waals surface area (Å²) in [7, 11) is 0. The molecule has 1 aromatic carbocycles. The molecule has 0 spiro atoms. The van der Waals surface area contributed by atoms with Crippen LogP contribution in [0.1, 0.15) is 18.4 Å². The Morgan fingerprint density at radius 2 is 2.06 bits per heavy atom. The molecule has 0 amide bonds. The van der Waals surface area contributed by atoms with Crippen molar-refractivity contribution in [1.29, 1.82) is 0 Å². The van der Waals surface area contributed by atoms with E-state index in [4.69, 9.17) is 0 Å². The van der Waals surface area contributed by atoms with Gasteiger partial charge in [0.05, 0.1) is 5.56 Å². The SMILES string of the molecule is Oc1ccccc1C(F)(F)C1CCCNC1. The van der Waals surface area contributed by atoms with E-state index in [1.54, 1.807) is 6.07 Å². The van der Waals surface area contributed by atoms with Gasteiger partial charge in [0.15, 0.2) is 0 Å². The van der Waals surface area contributed by atoms with Crippen LogP contribution in [0.5, 0.6) is 5.75 Å². The molecule has 1 heterocycles. The highest BCUT2D eigenvalue weighted by atomic mass is 19.3. The van der Waals surface area contributed by atoms with Crippen molar-refractivity contribution in [3.05, 3.63) is 29.8 Å². The number of benzene rings is 1. The summed E-state index contributed by atoms with van der Waals surface area (Å²) in [5, 5.41) is 12.4. The summed E-state index contributed by atoms with van der Waals surface area (Å²) in [5.74, 6) is -4.01. The number of rotatable bonds is 2. The van der Waals surface area contributed by atoms with Crippen LogP contribution in [0.25, 0.3) is 0 Å². The first-order valence-electron chi connectivity index (χ1n) is 5.49. The Morgan fingerprint density at radius 1 is 1.31 bits per heavy atom. The summed E-state index contributed by atoms with van der Waals surface area (Å²) >= 11 is 0. The van der Waals surface area contributed by atoms with Gasteiger partial charge in [0.1, 0.15) is 5.75 Å². The van der Waals surface area contributed by atoms with Crippen LogP contribution in [0.15, 0.2) is 24.3 Å². The van der Waals surface area contributed by atoms with Crippen molar-refractivity contribution in [2.75, 3.05) is 13.1 Å². The lowest BCUT2D eigenvalue weighted by atomic mass is 9.88. The average molecular weight is 227 g/mol. The molecule has 2 N–H and O–H groups in total. The fourth-order valence-electron chi connectivity index (χ4n) is 2.14. The van der Waals surface area contributed by atoms with Crippen LogP contribution < -0.4 is 5.32 Å². The standard InChI is InChI=1S/C12H15F2NO/c13-12(14,9-4-3-7-15-8-9)10-5-1-2-6-11(10)16/h1-2,5-6,9,15-16H,3-4,7-8H2. The van der Waals surface area contributed by atoms with Crippen molar-refractivity contribution in [2.45, 2.75) is 18.8 Å². The number of aromatic hydroxyl groups is 1. The van der Waals surface area contributed by atoms with E-state index in [-0.39, 0.29) is 11.3 Å². The van der Waals surface area contributed by atoms with Gasteiger partial charge in [-0.3, -0.25) is 0 Å². The molecule has 1 atom stereocenters. The van der Waals surface area contributed by atoms with Crippen LogP contribution in [0.4, 0.5) is 8.78 Å². The zero-order valence-corrected chi connectivity index (χ0v) is 8.92. The minimum Gasteiger partial charge on any atom is -0.507 e. The van der Waals surface area contributed by atoms with Crippen molar-refractivity contribution >= 4 is 0 Å². The highest BCUT2D eigenvalue weighted by molar-refractivity contribution is 5.35. The molecule has 1 fully saturated rings. The summed E-state index contributed by atoms with van der Waals surface area (Å²) in [6.45, 7) is 1.11. The maximum absolute atomic E-state index is 14.1.